The Labute approximate surface area is 263 Å². The maximum atomic E-state index is 13.0. The Morgan fingerprint density at radius 2 is 1.56 bits per heavy atom. The molecule has 1 saturated carbocycles. The topological polar surface area (TPSA) is 131 Å². The van der Waals surface area contributed by atoms with Crippen LogP contribution in [0.4, 0.5) is 11.4 Å². The number of hydrogen-bond acceptors (Lipinski definition) is 8. The van der Waals surface area contributed by atoms with Crippen LogP contribution in [0.3, 0.4) is 0 Å². The number of nitrogens with one attached hydrogen (secondary N) is 3. The van der Waals surface area contributed by atoms with Gasteiger partial charge in [0.1, 0.15) is 6.04 Å². The number of piperazine rings is 1. The highest BCUT2D eigenvalue weighted by molar-refractivity contribution is 6.23. The van der Waals surface area contributed by atoms with Gasteiger partial charge in [-0.1, -0.05) is 19.3 Å². The molecule has 2 aromatic carbocycles. The van der Waals surface area contributed by atoms with Crippen LogP contribution in [0.5, 0.6) is 0 Å². The fraction of sp³-hybridized carbons (Fsp3) is 0.500. The van der Waals surface area contributed by atoms with Crippen molar-refractivity contribution in [3.63, 3.8) is 0 Å². The summed E-state index contributed by atoms with van der Waals surface area (Å²) in [5.74, 6) is -1.96. The van der Waals surface area contributed by atoms with E-state index in [0.717, 1.165) is 86.8 Å². The van der Waals surface area contributed by atoms with Gasteiger partial charge in [-0.2, -0.15) is 0 Å². The van der Waals surface area contributed by atoms with Gasteiger partial charge in [-0.3, -0.25) is 39.1 Å². The SMILES string of the molecule is O=C1CCC(N2C(=O)c3ccc(NCCCCN4CCN(c5ccc(C(=O)NC6CCCCC6)cc5)CC4)cc3C2=O)C(=O)N1. The monoisotopic (exact) mass is 614 g/mol. The molecule has 3 aliphatic heterocycles. The fourth-order valence-corrected chi connectivity index (χ4v) is 6.84. The Bertz CT molecular complexity index is 1450. The summed E-state index contributed by atoms with van der Waals surface area (Å²) in [5, 5.41) is 8.77. The minimum Gasteiger partial charge on any atom is -0.385 e. The van der Waals surface area contributed by atoms with Crippen LogP contribution in [-0.2, 0) is 9.59 Å². The lowest BCUT2D eigenvalue weighted by Crippen LogP contribution is -2.54. The van der Waals surface area contributed by atoms with Crippen LogP contribution < -0.4 is 20.9 Å². The Hall–Kier alpha value is -4.25. The number of rotatable bonds is 10. The number of hydrogen-bond donors (Lipinski definition) is 3. The third-order valence-electron chi connectivity index (χ3n) is 9.48. The largest absolute Gasteiger partial charge is 0.385 e. The molecule has 11 nitrogen and oxygen atoms in total. The Balaban J connectivity index is 0.901. The van der Waals surface area contributed by atoms with Gasteiger partial charge in [0.05, 0.1) is 11.1 Å². The van der Waals surface area contributed by atoms with Crippen molar-refractivity contribution < 1.29 is 24.0 Å². The van der Waals surface area contributed by atoms with Gasteiger partial charge in [0, 0.05) is 62.1 Å². The number of piperidine rings is 1. The second-order valence-electron chi connectivity index (χ2n) is 12.5. The second kappa shape index (κ2) is 13.8. The van der Waals surface area contributed by atoms with Gasteiger partial charge in [0.25, 0.3) is 17.7 Å². The summed E-state index contributed by atoms with van der Waals surface area (Å²) in [4.78, 5) is 68.2. The van der Waals surface area contributed by atoms with E-state index in [-0.39, 0.29) is 35.8 Å². The van der Waals surface area contributed by atoms with Crippen LogP contribution in [-0.4, -0.2) is 90.7 Å². The van der Waals surface area contributed by atoms with Gasteiger partial charge in [-0.05, 0) is 81.1 Å². The quantitative estimate of drug-likeness (QED) is 0.275. The second-order valence-corrected chi connectivity index (χ2v) is 12.5. The highest BCUT2D eigenvalue weighted by Crippen LogP contribution is 2.29. The van der Waals surface area contributed by atoms with Crippen molar-refractivity contribution in [2.75, 3.05) is 49.5 Å². The molecule has 1 unspecified atom stereocenters. The lowest BCUT2D eigenvalue weighted by molar-refractivity contribution is -0.136. The first-order valence-electron chi connectivity index (χ1n) is 16.3. The zero-order valence-electron chi connectivity index (χ0n) is 25.7. The van der Waals surface area contributed by atoms with Gasteiger partial charge >= 0.3 is 0 Å². The maximum Gasteiger partial charge on any atom is 0.262 e. The Morgan fingerprint density at radius 3 is 2.29 bits per heavy atom. The first-order chi connectivity index (χ1) is 21.9. The number of fused-ring (bicyclic) bond motifs is 1. The molecule has 0 radical (unpaired) electrons. The van der Waals surface area contributed by atoms with E-state index in [0.29, 0.717) is 6.04 Å². The number of anilines is 2. The molecule has 2 saturated heterocycles. The van der Waals surface area contributed by atoms with Gasteiger partial charge in [0.2, 0.25) is 11.8 Å². The average molecular weight is 615 g/mol. The summed E-state index contributed by atoms with van der Waals surface area (Å²) < 4.78 is 0. The minimum atomic E-state index is -0.960. The van der Waals surface area contributed by atoms with E-state index >= 15 is 0 Å². The number of carbonyl (C=O) groups is 5. The molecule has 4 aliphatic rings. The molecule has 2 aromatic rings. The highest BCUT2D eigenvalue weighted by Gasteiger charge is 2.44. The van der Waals surface area contributed by atoms with Crippen molar-refractivity contribution in [3.05, 3.63) is 59.2 Å². The van der Waals surface area contributed by atoms with Crippen molar-refractivity contribution >= 4 is 40.9 Å². The number of imide groups is 2. The summed E-state index contributed by atoms with van der Waals surface area (Å²) in [5.41, 5.74) is 3.20. The molecule has 5 amide bonds. The molecule has 3 heterocycles. The number of amides is 5. The third-order valence-corrected chi connectivity index (χ3v) is 9.48. The molecule has 1 aliphatic carbocycles. The van der Waals surface area contributed by atoms with E-state index in [9.17, 15) is 24.0 Å². The van der Waals surface area contributed by atoms with E-state index in [1.165, 1.54) is 19.3 Å². The number of nitrogens with zero attached hydrogens (tertiary/aromatic N) is 3. The van der Waals surface area contributed by atoms with Crippen LogP contribution >= 0.6 is 0 Å². The lowest BCUT2D eigenvalue weighted by Gasteiger charge is -2.36. The van der Waals surface area contributed by atoms with Gasteiger partial charge in [-0.15, -0.1) is 0 Å². The van der Waals surface area contributed by atoms with Gasteiger partial charge in [-0.25, -0.2) is 0 Å². The molecular formula is C34H42N6O5. The Morgan fingerprint density at radius 1 is 0.822 bits per heavy atom. The first kappa shape index (κ1) is 30.8. The Kier molecular flexibility index (Phi) is 9.44. The molecule has 45 heavy (non-hydrogen) atoms. The van der Waals surface area contributed by atoms with Crippen LogP contribution in [0.1, 0.15) is 88.9 Å². The summed E-state index contributed by atoms with van der Waals surface area (Å²) in [6, 6.07) is 12.4. The van der Waals surface area contributed by atoms with Gasteiger partial charge in [0.15, 0.2) is 0 Å². The van der Waals surface area contributed by atoms with E-state index in [2.05, 4.69) is 37.9 Å². The van der Waals surface area contributed by atoms with E-state index in [4.69, 9.17) is 0 Å². The lowest BCUT2D eigenvalue weighted by atomic mass is 9.95. The van der Waals surface area contributed by atoms with E-state index in [1.807, 2.05) is 12.1 Å². The van der Waals surface area contributed by atoms with Crippen molar-refractivity contribution in [3.8, 4) is 0 Å². The molecule has 3 N–H and O–H groups in total. The molecule has 1 atom stereocenters. The maximum absolute atomic E-state index is 13.0. The molecule has 238 valence electrons. The highest BCUT2D eigenvalue weighted by atomic mass is 16.2. The van der Waals surface area contributed by atoms with Crippen LogP contribution in [0.25, 0.3) is 0 Å². The fourth-order valence-electron chi connectivity index (χ4n) is 6.84. The first-order valence-corrected chi connectivity index (χ1v) is 16.3. The van der Waals surface area contributed by atoms with Crippen molar-refractivity contribution in [2.24, 2.45) is 0 Å². The minimum absolute atomic E-state index is 0.0314. The number of benzene rings is 2. The molecule has 0 bridgehead atoms. The molecule has 6 rings (SSSR count). The van der Waals surface area contributed by atoms with Crippen LogP contribution in [0.2, 0.25) is 0 Å². The van der Waals surface area contributed by atoms with Crippen LogP contribution in [0, 0.1) is 0 Å². The molecule has 0 aromatic heterocycles. The predicted molar refractivity (Wildman–Crippen MR) is 170 cm³/mol. The molecule has 3 fully saturated rings. The van der Waals surface area contributed by atoms with E-state index < -0.39 is 23.8 Å². The summed E-state index contributed by atoms with van der Waals surface area (Å²) in [6.07, 6.45) is 8.06. The van der Waals surface area contributed by atoms with E-state index in [1.54, 1.807) is 18.2 Å². The zero-order chi connectivity index (χ0) is 31.3. The number of unbranched alkanes of at least 4 members (excludes halogenated alkanes) is 1. The summed E-state index contributed by atoms with van der Waals surface area (Å²) >= 11 is 0. The summed E-state index contributed by atoms with van der Waals surface area (Å²) in [7, 11) is 0. The third kappa shape index (κ3) is 7.03. The smallest absolute Gasteiger partial charge is 0.262 e. The zero-order valence-corrected chi connectivity index (χ0v) is 25.7. The van der Waals surface area contributed by atoms with Crippen molar-refractivity contribution in [1.29, 1.82) is 0 Å². The predicted octanol–water partition coefficient (Wildman–Crippen LogP) is 3.16. The molecule has 11 heteroatoms. The van der Waals surface area contributed by atoms with Crippen molar-refractivity contribution in [2.45, 2.75) is 69.9 Å². The normalized spacial score (nSPS) is 21.1. The number of carbonyl (C=O) groups excluding carboxylic acids is 5. The van der Waals surface area contributed by atoms with Gasteiger partial charge < -0.3 is 15.5 Å². The van der Waals surface area contributed by atoms with Crippen molar-refractivity contribution in [1.82, 2.24) is 20.4 Å². The standard InChI is InChI=1S/C34H42N6O5/c41-30-15-14-29(32(43)37-30)40-33(44)27-13-10-25(22-28(27)34(40)45)35-16-4-5-17-38-18-20-39(21-19-38)26-11-8-23(9-12-26)31(42)36-24-6-2-1-3-7-24/h8-13,22,24,29,35H,1-7,14-21H2,(H,36,42)(H,37,41,43). The molecular weight excluding hydrogens is 572 g/mol. The van der Waals surface area contributed by atoms with Crippen LogP contribution in [0.15, 0.2) is 42.5 Å². The molecule has 0 spiro atoms. The summed E-state index contributed by atoms with van der Waals surface area (Å²) in [6.45, 7) is 5.61. The average Bonchev–Trinajstić information content (AvgIpc) is 3.30.